The molecule has 0 spiro atoms. The predicted molar refractivity (Wildman–Crippen MR) is 111 cm³/mol. The number of unbranched alkanes of at least 4 members (excludes halogenated alkanes) is 3. The first-order chi connectivity index (χ1) is 12.8. The maximum atomic E-state index is 4.70. The lowest BCUT2D eigenvalue weighted by Gasteiger charge is -2.21. The summed E-state index contributed by atoms with van der Waals surface area (Å²) in [6, 6.07) is 2.02. The Morgan fingerprint density at radius 3 is 2.73 bits per heavy atom. The highest BCUT2D eigenvalue weighted by Gasteiger charge is 2.11. The van der Waals surface area contributed by atoms with Gasteiger partial charge >= 0.3 is 0 Å². The van der Waals surface area contributed by atoms with E-state index >= 15 is 0 Å². The van der Waals surface area contributed by atoms with Gasteiger partial charge in [0.15, 0.2) is 0 Å². The van der Waals surface area contributed by atoms with Crippen LogP contribution in [0, 0.1) is 11.8 Å². The summed E-state index contributed by atoms with van der Waals surface area (Å²) in [5, 5.41) is 3.35. The second kappa shape index (κ2) is 12.5. The molecule has 0 aliphatic carbocycles. The van der Waals surface area contributed by atoms with Gasteiger partial charge in [-0.05, 0) is 32.4 Å². The number of aromatic nitrogens is 2. The minimum atomic E-state index is 0.728. The van der Waals surface area contributed by atoms with Gasteiger partial charge in [-0.3, -0.25) is 4.90 Å². The summed E-state index contributed by atoms with van der Waals surface area (Å²) in [6.45, 7) is 7.02. The first-order valence-electron chi connectivity index (χ1n) is 10.3. The third-order valence-electron chi connectivity index (χ3n) is 4.73. The molecule has 0 radical (unpaired) electrons. The number of rotatable bonds is 9. The molecule has 1 aliphatic rings. The third-order valence-corrected chi connectivity index (χ3v) is 4.73. The molecule has 0 aromatic carbocycles. The van der Waals surface area contributed by atoms with Crippen molar-refractivity contribution in [3.63, 3.8) is 0 Å². The van der Waals surface area contributed by atoms with Gasteiger partial charge in [-0.1, -0.05) is 38.5 Å². The highest BCUT2D eigenvalue weighted by atomic mass is 15.2. The average molecular weight is 358 g/mol. The summed E-state index contributed by atoms with van der Waals surface area (Å²) in [7, 11) is 2.11. The lowest BCUT2D eigenvalue weighted by atomic mass is 10.2. The molecule has 1 aromatic rings. The van der Waals surface area contributed by atoms with Crippen LogP contribution in [0.3, 0.4) is 0 Å². The van der Waals surface area contributed by atoms with E-state index in [0.29, 0.717) is 0 Å². The van der Waals surface area contributed by atoms with E-state index in [1.807, 2.05) is 12.3 Å². The Balaban J connectivity index is 1.69. The number of nitrogens with one attached hydrogen (secondary N) is 1. The summed E-state index contributed by atoms with van der Waals surface area (Å²) in [5.74, 6) is 8.31. The Hall–Kier alpha value is -1.80. The van der Waals surface area contributed by atoms with Crippen molar-refractivity contribution < 1.29 is 0 Å². The van der Waals surface area contributed by atoms with Gasteiger partial charge in [0, 0.05) is 38.8 Å². The first kappa shape index (κ1) is 20.5. The molecule has 144 valence electrons. The second-order valence-electron chi connectivity index (χ2n) is 7.11. The molecular formula is C21H35N5. The Labute approximate surface area is 159 Å². The fraction of sp³-hybridized carbons (Fsp3) is 0.714. The minimum absolute atomic E-state index is 0.728. The van der Waals surface area contributed by atoms with Crippen LogP contribution >= 0.6 is 0 Å². The molecule has 0 bridgehead atoms. The van der Waals surface area contributed by atoms with Crippen molar-refractivity contribution in [3.8, 4) is 11.8 Å². The molecular weight excluding hydrogens is 322 g/mol. The first-order valence-corrected chi connectivity index (χ1v) is 10.3. The lowest BCUT2D eigenvalue weighted by Crippen LogP contribution is -2.27. The number of anilines is 2. The minimum Gasteiger partial charge on any atom is -0.356 e. The van der Waals surface area contributed by atoms with Gasteiger partial charge in [-0.15, -0.1) is 5.92 Å². The maximum Gasteiger partial charge on any atom is 0.224 e. The maximum absolute atomic E-state index is 4.70. The summed E-state index contributed by atoms with van der Waals surface area (Å²) < 4.78 is 0. The standard InChI is InChI=1S/C21H35N5/c1-3-4-5-6-7-10-16-25(2)19-15-23-21-22-14-13-20(24-21)26-17-11-8-9-12-18-26/h13-14H,3-6,8-9,11-12,15-19H2,1-2H3,(H,22,23,24). The lowest BCUT2D eigenvalue weighted by molar-refractivity contribution is 0.390. The molecule has 1 aliphatic heterocycles. The number of hydrogen-bond acceptors (Lipinski definition) is 5. The number of likely N-dealkylation sites (N-methyl/N-ethyl adjacent to an activating group) is 1. The monoisotopic (exact) mass is 357 g/mol. The topological polar surface area (TPSA) is 44.3 Å². The Morgan fingerprint density at radius 1 is 1.15 bits per heavy atom. The zero-order valence-corrected chi connectivity index (χ0v) is 16.6. The molecule has 1 saturated heterocycles. The smallest absolute Gasteiger partial charge is 0.224 e. The van der Waals surface area contributed by atoms with Gasteiger partial charge in [-0.25, -0.2) is 4.98 Å². The van der Waals surface area contributed by atoms with E-state index < -0.39 is 0 Å². The van der Waals surface area contributed by atoms with Gasteiger partial charge in [0.25, 0.3) is 0 Å². The zero-order chi connectivity index (χ0) is 18.5. The molecule has 0 unspecified atom stereocenters. The van der Waals surface area contributed by atoms with E-state index in [9.17, 15) is 0 Å². The normalized spacial score (nSPS) is 14.7. The molecule has 2 rings (SSSR count). The Morgan fingerprint density at radius 2 is 1.96 bits per heavy atom. The molecule has 0 saturated carbocycles. The molecule has 26 heavy (non-hydrogen) atoms. The van der Waals surface area contributed by atoms with Crippen LogP contribution < -0.4 is 10.2 Å². The summed E-state index contributed by atoms with van der Waals surface area (Å²) >= 11 is 0. The van der Waals surface area contributed by atoms with Crippen molar-refractivity contribution in [1.82, 2.24) is 14.9 Å². The Kier molecular flexibility index (Phi) is 9.89. The average Bonchev–Trinajstić information content (AvgIpc) is 2.94. The van der Waals surface area contributed by atoms with Gasteiger partial charge in [0.05, 0.1) is 6.54 Å². The summed E-state index contributed by atoms with van der Waals surface area (Å²) in [5.41, 5.74) is 0. The van der Waals surface area contributed by atoms with Crippen molar-refractivity contribution in [1.29, 1.82) is 0 Å². The fourth-order valence-corrected chi connectivity index (χ4v) is 3.09. The van der Waals surface area contributed by atoms with Gasteiger partial charge in [0.1, 0.15) is 5.82 Å². The van der Waals surface area contributed by atoms with E-state index in [1.54, 1.807) is 0 Å². The van der Waals surface area contributed by atoms with E-state index in [4.69, 9.17) is 4.98 Å². The van der Waals surface area contributed by atoms with Crippen molar-refractivity contribution in [2.45, 2.75) is 58.3 Å². The second-order valence-corrected chi connectivity index (χ2v) is 7.11. The number of nitrogens with zero attached hydrogens (tertiary/aromatic N) is 4. The quantitative estimate of drug-likeness (QED) is 0.538. The van der Waals surface area contributed by atoms with Crippen LogP contribution in [-0.2, 0) is 0 Å². The number of hydrogen-bond donors (Lipinski definition) is 1. The van der Waals surface area contributed by atoms with E-state index in [2.05, 4.69) is 45.9 Å². The zero-order valence-electron chi connectivity index (χ0n) is 16.6. The van der Waals surface area contributed by atoms with Crippen molar-refractivity contribution in [3.05, 3.63) is 12.3 Å². The summed E-state index contributed by atoms with van der Waals surface area (Å²) in [4.78, 5) is 13.7. The fourth-order valence-electron chi connectivity index (χ4n) is 3.09. The van der Waals surface area contributed by atoms with Gasteiger partial charge < -0.3 is 10.2 Å². The van der Waals surface area contributed by atoms with Crippen LogP contribution in [0.5, 0.6) is 0 Å². The van der Waals surface area contributed by atoms with Crippen LogP contribution in [0.1, 0.15) is 58.3 Å². The SMILES string of the molecule is CCCCCC#CCN(C)CCNc1nccc(N2CCCCCC2)n1. The highest BCUT2D eigenvalue weighted by Crippen LogP contribution is 2.17. The van der Waals surface area contributed by atoms with Crippen LogP contribution in [0.25, 0.3) is 0 Å². The van der Waals surface area contributed by atoms with E-state index in [0.717, 1.165) is 50.9 Å². The molecule has 2 heterocycles. The van der Waals surface area contributed by atoms with Gasteiger partial charge in [0.2, 0.25) is 5.95 Å². The van der Waals surface area contributed by atoms with E-state index in [1.165, 1.54) is 44.9 Å². The molecule has 1 N–H and O–H groups in total. The summed E-state index contributed by atoms with van der Waals surface area (Å²) in [6.07, 6.45) is 11.8. The molecule has 0 atom stereocenters. The van der Waals surface area contributed by atoms with Crippen LogP contribution in [-0.4, -0.2) is 54.6 Å². The molecule has 0 amide bonds. The van der Waals surface area contributed by atoms with Crippen LogP contribution in [0.15, 0.2) is 12.3 Å². The largest absolute Gasteiger partial charge is 0.356 e. The van der Waals surface area contributed by atoms with Crippen molar-refractivity contribution in [2.75, 3.05) is 50.0 Å². The van der Waals surface area contributed by atoms with Gasteiger partial charge in [-0.2, -0.15) is 4.98 Å². The Bertz CT molecular complexity index is 555. The van der Waals surface area contributed by atoms with Crippen molar-refractivity contribution in [2.24, 2.45) is 0 Å². The highest BCUT2D eigenvalue weighted by molar-refractivity contribution is 5.42. The molecule has 1 fully saturated rings. The predicted octanol–water partition coefficient (Wildman–Crippen LogP) is 3.78. The van der Waals surface area contributed by atoms with Crippen LogP contribution in [0.2, 0.25) is 0 Å². The molecule has 5 nitrogen and oxygen atoms in total. The molecule has 1 aromatic heterocycles. The van der Waals surface area contributed by atoms with Crippen molar-refractivity contribution >= 4 is 11.8 Å². The molecule has 5 heteroatoms. The van der Waals surface area contributed by atoms with Crippen LogP contribution in [0.4, 0.5) is 11.8 Å². The third kappa shape index (κ3) is 8.05. The van der Waals surface area contributed by atoms with E-state index in [-0.39, 0.29) is 0 Å².